The summed E-state index contributed by atoms with van der Waals surface area (Å²) in [6, 6.07) is 0.950. The molecule has 1 aliphatic heterocycles. The molecule has 19 heavy (non-hydrogen) atoms. The lowest BCUT2D eigenvalue weighted by atomic mass is 9.84. The molecule has 1 saturated heterocycles. The molecule has 0 spiro atoms. The molecule has 0 aromatic carbocycles. The van der Waals surface area contributed by atoms with Crippen LogP contribution in [0.4, 0.5) is 0 Å². The van der Waals surface area contributed by atoms with Crippen molar-refractivity contribution in [3.8, 4) is 0 Å². The Kier molecular flexibility index (Phi) is 4.11. The minimum Gasteiger partial charge on any atom is -0.480 e. The highest BCUT2D eigenvalue weighted by Crippen LogP contribution is 2.42. The number of carboxylic acids is 1. The first kappa shape index (κ1) is 13.4. The average molecular weight is 265 g/mol. The standard InChI is InChI=1S/C16H27NO2/c18-16(19)15-11-12-7-5-6-10-14(12)17(15)13-8-3-1-2-4-9-13/h12-15H,1-11H2,(H,18,19). The van der Waals surface area contributed by atoms with Crippen molar-refractivity contribution in [1.29, 1.82) is 0 Å². The van der Waals surface area contributed by atoms with Gasteiger partial charge in [0.2, 0.25) is 0 Å². The summed E-state index contributed by atoms with van der Waals surface area (Å²) >= 11 is 0. The van der Waals surface area contributed by atoms with Crippen LogP contribution in [0.25, 0.3) is 0 Å². The monoisotopic (exact) mass is 265 g/mol. The largest absolute Gasteiger partial charge is 0.480 e. The molecular weight excluding hydrogens is 238 g/mol. The number of likely N-dealkylation sites (tertiary alicyclic amines) is 1. The normalized spacial score (nSPS) is 37.8. The van der Waals surface area contributed by atoms with Crippen molar-refractivity contribution < 1.29 is 9.90 Å². The fourth-order valence-electron chi connectivity index (χ4n) is 4.80. The van der Waals surface area contributed by atoms with Crippen molar-refractivity contribution in [1.82, 2.24) is 4.90 Å². The number of fused-ring (bicyclic) bond motifs is 1. The molecule has 2 saturated carbocycles. The van der Waals surface area contributed by atoms with Crippen LogP contribution in [0.15, 0.2) is 0 Å². The van der Waals surface area contributed by atoms with Gasteiger partial charge in [0.05, 0.1) is 0 Å². The lowest BCUT2D eigenvalue weighted by molar-refractivity contribution is -0.143. The van der Waals surface area contributed by atoms with Crippen molar-refractivity contribution in [2.75, 3.05) is 0 Å². The quantitative estimate of drug-likeness (QED) is 0.778. The van der Waals surface area contributed by atoms with E-state index in [9.17, 15) is 9.90 Å². The summed E-state index contributed by atoms with van der Waals surface area (Å²) in [7, 11) is 0. The van der Waals surface area contributed by atoms with Crippen LogP contribution in [-0.2, 0) is 4.79 Å². The van der Waals surface area contributed by atoms with Gasteiger partial charge in [-0.25, -0.2) is 0 Å². The van der Waals surface area contributed by atoms with Crippen LogP contribution < -0.4 is 0 Å². The van der Waals surface area contributed by atoms with Gasteiger partial charge < -0.3 is 5.11 Å². The fraction of sp³-hybridized carbons (Fsp3) is 0.938. The Labute approximate surface area is 116 Å². The molecule has 0 aromatic heterocycles. The smallest absolute Gasteiger partial charge is 0.320 e. The molecule has 108 valence electrons. The van der Waals surface area contributed by atoms with E-state index in [1.54, 1.807) is 0 Å². The lowest BCUT2D eigenvalue weighted by Gasteiger charge is -2.38. The second-order valence-corrected chi connectivity index (χ2v) is 6.79. The molecule has 0 amide bonds. The summed E-state index contributed by atoms with van der Waals surface area (Å²) in [6.45, 7) is 0. The van der Waals surface area contributed by atoms with Gasteiger partial charge in [-0.3, -0.25) is 9.69 Å². The number of carbonyl (C=O) groups is 1. The fourth-order valence-corrected chi connectivity index (χ4v) is 4.80. The Hall–Kier alpha value is -0.570. The third kappa shape index (κ3) is 2.67. The zero-order chi connectivity index (χ0) is 13.2. The van der Waals surface area contributed by atoms with Gasteiger partial charge in [0, 0.05) is 12.1 Å². The first-order valence-electron chi connectivity index (χ1n) is 8.27. The molecule has 3 nitrogen and oxygen atoms in total. The van der Waals surface area contributed by atoms with Gasteiger partial charge in [-0.05, 0) is 38.0 Å². The maximum Gasteiger partial charge on any atom is 0.320 e. The van der Waals surface area contributed by atoms with Crippen LogP contribution in [0, 0.1) is 5.92 Å². The summed E-state index contributed by atoms with van der Waals surface area (Å²) in [5, 5.41) is 9.59. The van der Waals surface area contributed by atoms with Crippen LogP contribution in [0.2, 0.25) is 0 Å². The summed E-state index contributed by atoms with van der Waals surface area (Å²) < 4.78 is 0. The van der Waals surface area contributed by atoms with E-state index in [4.69, 9.17) is 0 Å². The minimum absolute atomic E-state index is 0.184. The third-order valence-corrected chi connectivity index (χ3v) is 5.67. The molecule has 0 bridgehead atoms. The Balaban J connectivity index is 1.79. The van der Waals surface area contributed by atoms with Gasteiger partial charge >= 0.3 is 5.97 Å². The molecule has 0 aromatic rings. The van der Waals surface area contributed by atoms with Crippen LogP contribution in [0.1, 0.15) is 70.6 Å². The molecule has 3 atom stereocenters. The summed E-state index contributed by atoms with van der Waals surface area (Å²) in [4.78, 5) is 14.1. The van der Waals surface area contributed by atoms with E-state index in [1.807, 2.05) is 0 Å². The van der Waals surface area contributed by atoms with Crippen molar-refractivity contribution in [2.24, 2.45) is 5.92 Å². The second-order valence-electron chi connectivity index (χ2n) is 6.79. The zero-order valence-electron chi connectivity index (χ0n) is 11.9. The van der Waals surface area contributed by atoms with Crippen molar-refractivity contribution in [2.45, 2.75) is 88.8 Å². The van der Waals surface area contributed by atoms with Gasteiger partial charge in [-0.1, -0.05) is 38.5 Å². The average Bonchev–Trinajstić information content (AvgIpc) is 2.60. The second kappa shape index (κ2) is 5.82. The molecule has 3 aliphatic rings. The molecule has 1 heterocycles. The Morgan fingerprint density at radius 2 is 1.53 bits per heavy atom. The number of hydrogen-bond acceptors (Lipinski definition) is 2. The van der Waals surface area contributed by atoms with Gasteiger partial charge in [-0.2, -0.15) is 0 Å². The minimum atomic E-state index is -0.571. The van der Waals surface area contributed by atoms with E-state index in [0.717, 1.165) is 6.42 Å². The molecular formula is C16H27NO2. The van der Waals surface area contributed by atoms with E-state index < -0.39 is 5.97 Å². The van der Waals surface area contributed by atoms with Gasteiger partial charge in [0.25, 0.3) is 0 Å². The molecule has 3 fully saturated rings. The van der Waals surface area contributed by atoms with Gasteiger partial charge in [0.1, 0.15) is 6.04 Å². The van der Waals surface area contributed by atoms with Crippen molar-refractivity contribution >= 4 is 5.97 Å². The summed E-state index contributed by atoms with van der Waals surface area (Å²) in [6.07, 6.45) is 13.8. The Morgan fingerprint density at radius 1 is 0.895 bits per heavy atom. The highest BCUT2D eigenvalue weighted by Gasteiger charge is 2.47. The number of nitrogens with zero attached hydrogens (tertiary/aromatic N) is 1. The maximum absolute atomic E-state index is 11.6. The predicted molar refractivity (Wildman–Crippen MR) is 75.1 cm³/mol. The number of rotatable bonds is 2. The molecule has 3 rings (SSSR count). The van der Waals surface area contributed by atoms with Crippen molar-refractivity contribution in [3.63, 3.8) is 0 Å². The van der Waals surface area contributed by atoms with E-state index in [0.29, 0.717) is 18.0 Å². The van der Waals surface area contributed by atoms with Gasteiger partial charge in [0.15, 0.2) is 0 Å². The van der Waals surface area contributed by atoms with E-state index in [2.05, 4.69) is 4.90 Å². The maximum atomic E-state index is 11.6. The van der Waals surface area contributed by atoms with Crippen molar-refractivity contribution in [3.05, 3.63) is 0 Å². The molecule has 0 radical (unpaired) electrons. The summed E-state index contributed by atoms with van der Waals surface area (Å²) in [5.74, 6) is 0.0942. The van der Waals surface area contributed by atoms with E-state index in [-0.39, 0.29) is 6.04 Å². The van der Waals surface area contributed by atoms with E-state index in [1.165, 1.54) is 64.2 Å². The first-order valence-corrected chi connectivity index (χ1v) is 8.27. The Bertz CT molecular complexity index is 323. The van der Waals surface area contributed by atoms with Crippen LogP contribution in [-0.4, -0.2) is 34.1 Å². The molecule has 3 unspecified atom stereocenters. The highest BCUT2D eigenvalue weighted by molar-refractivity contribution is 5.74. The number of aliphatic carboxylic acids is 1. The number of carboxylic acid groups (broad SMARTS) is 1. The lowest BCUT2D eigenvalue weighted by Crippen LogP contribution is -2.48. The first-order chi connectivity index (χ1) is 9.27. The van der Waals surface area contributed by atoms with Crippen LogP contribution >= 0.6 is 0 Å². The predicted octanol–water partition coefficient (Wildman–Crippen LogP) is 3.43. The highest BCUT2D eigenvalue weighted by atomic mass is 16.4. The molecule has 3 heteroatoms. The van der Waals surface area contributed by atoms with Crippen LogP contribution in [0.3, 0.4) is 0 Å². The molecule has 2 aliphatic carbocycles. The van der Waals surface area contributed by atoms with E-state index >= 15 is 0 Å². The van der Waals surface area contributed by atoms with Gasteiger partial charge in [-0.15, -0.1) is 0 Å². The van der Waals surface area contributed by atoms with Crippen LogP contribution in [0.5, 0.6) is 0 Å². The summed E-state index contributed by atoms with van der Waals surface area (Å²) in [5.41, 5.74) is 0. The topological polar surface area (TPSA) is 40.5 Å². The third-order valence-electron chi connectivity index (χ3n) is 5.67. The Morgan fingerprint density at radius 3 is 2.21 bits per heavy atom. The zero-order valence-corrected chi connectivity index (χ0v) is 11.9. The number of hydrogen-bond donors (Lipinski definition) is 1. The molecule has 1 N–H and O–H groups in total. The SMILES string of the molecule is O=C(O)C1CC2CCCCC2N1C1CCCCCC1.